The van der Waals surface area contributed by atoms with Crippen molar-refractivity contribution in [3.8, 4) is 0 Å². The minimum absolute atomic E-state index is 0.0106. The Balaban J connectivity index is 2.88. The molecule has 1 rings (SSSR count). The second kappa shape index (κ2) is 9.47. The average molecular weight is 399 g/mol. The molecule has 0 aliphatic heterocycles. The smallest absolute Gasteiger partial charge is 0.305 e. The maximum Gasteiger partial charge on any atom is 0.305 e. The third kappa shape index (κ3) is 6.99. The zero-order valence-electron chi connectivity index (χ0n) is 15.7. The lowest BCUT2D eigenvalue weighted by atomic mass is 10.2. The fourth-order valence-electron chi connectivity index (χ4n) is 2.36. The summed E-state index contributed by atoms with van der Waals surface area (Å²) in [5.74, 6) is -1.83. The van der Waals surface area contributed by atoms with Gasteiger partial charge in [-0.15, -0.1) is 0 Å². The molecule has 1 unspecified atom stereocenters. The van der Waals surface area contributed by atoms with E-state index < -0.39 is 27.9 Å². The number of carboxylic acids is 1. The monoisotopic (exact) mass is 399 g/mol. The van der Waals surface area contributed by atoms with Crippen molar-refractivity contribution in [3.63, 3.8) is 0 Å². The standard InChI is InChI=1S/C17H25N3O6S/c1-11(2)20(10-9-16(22)23)17(24)12(3)19-27(25,26)15-7-5-14(6-8-15)18-13(4)21/h5-8,11-12,19H,9-10H2,1-4H3,(H,18,21)(H,22,23). The molecule has 0 saturated carbocycles. The van der Waals surface area contributed by atoms with E-state index in [9.17, 15) is 22.8 Å². The Hall–Kier alpha value is -2.46. The number of hydrogen-bond donors (Lipinski definition) is 3. The van der Waals surface area contributed by atoms with E-state index in [4.69, 9.17) is 5.11 Å². The predicted octanol–water partition coefficient (Wildman–Crippen LogP) is 1.02. The van der Waals surface area contributed by atoms with Crippen LogP contribution in [0.5, 0.6) is 0 Å². The van der Waals surface area contributed by atoms with Crippen LogP contribution in [0.4, 0.5) is 5.69 Å². The zero-order valence-corrected chi connectivity index (χ0v) is 16.5. The highest BCUT2D eigenvalue weighted by molar-refractivity contribution is 7.89. The summed E-state index contributed by atoms with van der Waals surface area (Å²) >= 11 is 0. The quantitative estimate of drug-likeness (QED) is 0.568. The molecule has 10 heteroatoms. The van der Waals surface area contributed by atoms with Crippen LogP contribution in [0, 0.1) is 0 Å². The van der Waals surface area contributed by atoms with Crippen LogP contribution in [0.1, 0.15) is 34.1 Å². The molecule has 0 bridgehead atoms. The summed E-state index contributed by atoms with van der Waals surface area (Å²) in [6.07, 6.45) is -0.228. The molecule has 1 aromatic carbocycles. The SMILES string of the molecule is CC(=O)Nc1ccc(S(=O)(=O)NC(C)C(=O)N(CCC(=O)O)C(C)C)cc1. The Labute approximate surface area is 158 Å². The van der Waals surface area contributed by atoms with E-state index in [1.165, 1.54) is 43.0 Å². The summed E-state index contributed by atoms with van der Waals surface area (Å²) in [6, 6.07) is 4.16. The number of nitrogens with one attached hydrogen (secondary N) is 2. The lowest BCUT2D eigenvalue weighted by molar-refractivity contribution is -0.139. The molecule has 3 N–H and O–H groups in total. The van der Waals surface area contributed by atoms with Crippen molar-refractivity contribution in [1.29, 1.82) is 0 Å². The van der Waals surface area contributed by atoms with Gasteiger partial charge in [-0.25, -0.2) is 8.42 Å². The zero-order chi connectivity index (χ0) is 20.8. The fourth-order valence-corrected chi connectivity index (χ4v) is 3.56. The first kappa shape index (κ1) is 22.6. The molecule has 9 nitrogen and oxygen atoms in total. The van der Waals surface area contributed by atoms with Crippen molar-refractivity contribution in [2.45, 2.75) is 51.1 Å². The number of benzene rings is 1. The van der Waals surface area contributed by atoms with Gasteiger partial charge in [0.25, 0.3) is 0 Å². The Kier molecular flexibility index (Phi) is 7.92. The van der Waals surface area contributed by atoms with Crippen LogP contribution in [-0.4, -0.2) is 54.8 Å². The first-order chi connectivity index (χ1) is 12.4. The number of anilines is 1. The topological polar surface area (TPSA) is 133 Å². The number of nitrogens with zero attached hydrogens (tertiary/aromatic N) is 1. The summed E-state index contributed by atoms with van der Waals surface area (Å²) in [6.45, 7) is 6.18. The molecule has 0 fully saturated rings. The van der Waals surface area contributed by atoms with Crippen molar-refractivity contribution >= 4 is 33.5 Å². The van der Waals surface area contributed by atoms with E-state index in [-0.39, 0.29) is 29.8 Å². The van der Waals surface area contributed by atoms with Gasteiger partial charge < -0.3 is 15.3 Å². The molecule has 0 aliphatic carbocycles. The molecule has 150 valence electrons. The van der Waals surface area contributed by atoms with Crippen molar-refractivity contribution in [2.75, 3.05) is 11.9 Å². The lowest BCUT2D eigenvalue weighted by Gasteiger charge is -2.29. The molecule has 2 amide bonds. The largest absolute Gasteiger partial charge is 0.481 e. The Morgan fingerprint density at radius 1 is 1.11 bits per heavy atom. The van der Waals surface area contributed by atoms with Gasteiger partial charge in [-0.1, -0.05) is 0 Å². The maximum absolute atomic E-state index is 12.5. The van der Waals surface area contributed by atoms with E-state index in [1.807, 2.05) is 0 Å². The van der Waals surface area contributed by atoms with Gasteiger partial charge >= 0.3 is 5.97 Å². The van der Waals surface area contributed by atoms with Gasteiger partial charge in [0.1, 0.15) is 0 Å². The lowest BCUT2D eigenvalue weighted by Crippen LogP contribution is -2.49. The van der Waals surface area contributed by atoms with Crippen LogP contribution in [0.25, 0.3) is 0 Å². The van der Waals surface area contributed by atoms with Gasteiger partial charge in [0.2, 0.25) is 21.8 Å². The van der Waals surface area contributed by atoms with Gasteiger partial charge in [0.15, 0.2) is 0 Å². The van der Waals surface area contributed by atoms with Crippen LogP contribution >= 0.6 is 0 Å². The van der Waals surface area contributed by atoms with E-state index in [0.717, 1.165) is 0 Å². The van der Waals surface area contributed by atoms with E-state index in [1.54, 1.807) is 13.8 Å². The van der Waals surface area contributed by atoms with Crippen LogP contribution in [0.3, 0.4) is 0 Å². The number of aliphatic carboxylic acids is 1. The van der Waals surface area contributed by atoms with Crippen LogP contribution < -0.4 is 10.0 Å². The molecule has 0 spiro atoms. The molecule has 1 atom stereocenters. The highest BCUT2D eigenvalue weighted by atomic mass is 32.2. The van der Waals surface area contributed by atoms with Gasteiger partial charge in [0, 0.05) is 25.2 Å². The van der Waals surface area contributed by atoms with Crippen LogP contribution in [0.15, 0.2) is 29.2 Å². The second-order valence-corrected chi connectivity index (χ2v) is 8.03. The summed E-state index contributed by atoms with van der Waals surface area (Å²) in [4.78, 5) is 35.6. The molecule has 0 heterocycles. The number of amides is 2. The van der Waals surface area contributed by atoms with Gasteiger partial charge in [-0.2, -0.15) is 4.72 Å². The summed E-state index contributed by atoms with van der Waals surface area (Å²) < 4.78 is 27.3. The molecule has 0 aromatic heterocycles. The van der Waals surface area contributed by atoms with Gasteiger partial charge in [0.05, 0.1) is 17.4 Å². The normalized spacial score (nSPS) is 12.5. The third-order valence-corrected chi connectivity index (χ3v) is 5.22. The number of carboxylic acid groups (broad SMARTS) is 1. The van der Waals surface area contributed by atoms with Crippen LogP contribution in [-0.2, 0) is 24.4 Å². The van der Waals surface area contributed by atoms with Crippen molar-refractivity contribution in [2.24, 2.45) is 0 Å². The Morgan fingerprint density at radius 2 is 1.67 bits per heavy atom. The molecule has 1 aromatic rings. The molecule has 0 saturated heterocycles. The molecule has 0 radical (unpaired) electrons. The van der Waals surface area contributed by atoms with E-state index >= 15 is 0 Å². The predicted molar refractivity (Wildman–Crippen MR) is 99.6 cm³/mol. The number of carbonyl (C=O) groups excluding carboxylic acids is 2. The number of rotatable bonds is 9. The highest BCUT2D eigenvalue weighted by Crippen LogP contribution is 2.15. The van der Waals surface area contributed by atoms with Crippen molar-refractivity contribution in [1.82, 2.24) is 9.62 Å². The maximum atomic E-state index is 12.5. The van der Waals surface area contributed by atoms with Gasteiger partial charge in [-0.05, 0) is 45.0 Å². The first-order valence-corrected chi connectivity index (χ1v) is 9.84. The average Bonchev–Trinajstić information content (AvgIpc) is 2.53. The number of sulfonamides is 1. The van der Waals surface area contributed by atoms with Gasteiger partial charge in [-0.3, -0.25) is 14.4 Å². The minimum Gasteiger partial charge on any atom is -0.481 e. The fraction of sp³-hybridized carbons (Fsp3) is 0.471. The third-order valence-electron chi connectivity index (χ3n) is 3.66. The van der Waals surface area contributed by atoms with Crippen LogP contribution in [0.2, 0.25) is 0 Å². The van der Waals surface area contributed by atoms with E-state index in [0.29, 0.717) is 5.69 Å². The molecular formula is C17H25N3O6S. The number of carbonyl (C=O) groups is 3. The minimum atomic E-state index is -3.97. The summed E-state index contributed by atoms with van der Waals surface area (Å²) in [5.41, 5.74) is 0.449. The number of hydrogen-bond acceptors (Lipinski definition) is 5. The highest BCUT2D eigenvalue weighted by Gasteiger charge is 2.27. The second-order valence-electron chi connectivity index (χ2n) is 6.32. The molecule has 27 heavy (non-hydrogen) atoms. The summed E-state index contributed by atoms with van der Waals surface area (Å²) in [5, 5.41) is 11.3. The van der Waals surface area contributed by atoms with Crippen molar-refractivity contribution in [3.05, 3.63) is 24.3 Å². The summed E-state index contributed by atoms with van der Waals surface area (Å²) in [7, 11) is -3.97. The Bertz CT molecular complexity index is 789. The Morgan fingerprint density at radius 3 is 2.11 bits per heavy atom. The van der Waals surface area contributed by atoms with Crippen molar-refractivity contribution < 1.29 is 27.9 Å². The first-order valence-electron chi connectivity index (χ1n) is 8.36. The molecular weight excluding hydrogens is 374 g/mol. The molecule has 0 aliphatic rings. The van der Waals surface area contributed by atoms with E-state index in [2.05, 4.69) is 10.0 Å².